The van der Waals surface area contributed by atoms with Crippen LogP contribution in [0.3, 0.4) is 0 Å². The number of fused-ring (bicyclic) bond motifs is 4. The minimum atomic E-state index is -3.93. The molecular formula is C25H20ClN5O2S. The maximum Gasteiger partial charge on any atom is 0.229 e. The SMILES string of the molecule is CCc1ccc(S(=O)(=O)c2nnn3c2nc(N2CCc4ccccc42)c2cc(Cl)ccc23)cc1. The minimum absolute atomic E-state index is 0.165. The minimum Gasteiger partial charge on any atom is -0.325 e. The fourth-order valence-electron chi connectivity index (χ4n) is 4.51. The third kappa shape index (κ3) is 3.17. The van der Waals surface area contributed by atoms with E-state index in [1.54, 1.807) is 18.2 Å². The van der Waals surface area contributed by atoms with Gasteiger partial charge in [-0.2, -0.15) is 4.52 Å². The number of rotatable bonds is 4. The van der Waals surface area contributed by atoms with Gasteiger partial charge in [-0.3, -0.25) is 0 Å². The van der Waals surface area contributed by atoms with E-state index in [2.05, 4.69) is 21.3 Å². The highest BCUT2D eigenvalue weighted by atomic mass is 35.5. The van der Waals surface area contributed by atoms with Crippen molar-refractivity contribution in [2.75, 3.05) is 11.4 Å². The summed E-state index contributed by atoms with van der Waals surface area (Å²) in [6, 6.07) is 20.4. The fraction of sp³-hybridized carbons (Fsp3) is 0.160. The second-order valence-electron chi connectivity index (χ2n) is 8.26. The van der Waals surface area contributed by atoms with Gasteiger partial charge in [0.15, 0.2) is 5.65 Å². The summed E-state index contributed by atoms with van der Waals surface area (Å²) in [6.45, 7) is 2.75. The van der Waals surface area contributed by atoms with Gasteiger partial charge in [0, 0.05) is 22.6 Å². The van der Waals surface area contributed by atoms with Crippen LogP contribution in [-0.4, -0.2) is 34.8 Å². The van der Waals surface area contributed by atoms with Crippen LogP contribution in [0.15, 0.2) is 76.7 Å². The molecule has 3 aromatic carbocycles. The normalized spacial score (nSPS) is 13.6. The molecule has 0 saturated heterocycles. The van der Waals surface area contributed by atoms with Crippen molar-refractivity contribution in [2.24, 2.45) is 0 Å². The van der Waals surface area contributed by atoms with Crippen LogP contribution in [0.1, 0.15) is 18.1 Å². The van der Waals surface area contributed by atoms with Crippen molar-refractivity contribution in [1.82, 2.24) is 19.8 Å². The standard InChI is InChI=1S/C25H20ClN5O2S/c1-2-16-7-10-19(11-8-16)34(32,33)25-24-27-23(30-14-13-17-5-3-4-6-21(17)30)20-15-18(26)9-12-22(20)31(24)29-28-25/h3-12,15H,2,13-14H2,1H3. The van der Waals surface area contributed by atoms with E-state index >= 15 is 0 Å². The molecule has 7 nitrogen and oxygen atoms in total. The first kappa shape index (κ1) is 21.1. The zero-order valence-electron chi connectivity index (χ0n) is 18.3. The van der Waals surface area contributed by atoms with Gasteiger partial charge in [-0.05, 0) is 60.4 Å². The number of hydrogen-bond acceptors (Lipinski definition) is 6. The smallest absolute Gasteiger partial charge is 0.229 e. The molecule has 9 heteroatoms. The predicted molar refractivity (Wildman–Crippen MR) is 132 cm³/mol. The maximum absolute atomic E-state index is 13.5. The molecule has 2 aromatic heterocycles. The molecule has 6 rings (SSSR count). The number of nitrogens with zero attached hydrogens (tertiary/aromatic N) is 5. The number of benzene rings is 3. The molecule has 1 aliphatic rings. The summed E-state index contributed by atoms with van der Waals surface area (Å²) in [5.41, 5.74) is 4.20. The van der Waals surface area contributed by atoms with Gasteiger partial charge in [-0.1, -0.05) is 54.1 Å². The average molecular weight is 490 g/mol. The second kappa shape index (κ2) is 7.78. The lowest BCUT2D eigenvalue weighted by Gasteiger charge is -2.20. The Morgan fingerprint density at radius 1 is 1.03 bits per heavy atom. The van der Waals surface area contributed by atoms with E-state index in [4.69, 9.17) is 16.6 Å². The lowest BCUT2D eigenvalue weighted by molar-refractivity contribution is 0.592. The number of para-hydroxylation sites is 1. The highest BCUT2D eigenvalue weighted by molar-refractivity contribution is 7.91. The second-order valence-corrected chi connectivity index (χ2v) is 10.6. The molecule has 0 fully saturated rings. The lowest BCUT2D eigenvalue weighted by Crippen LogP contribution is -2.16. The first-order valence-corrected chi connectivity index (χ1v) is 12.9. The Hall–Kier alpha value is -3.49. The fourth-order valence-corrected chi connectivity index (χ4v) is 5.91. The number of sulfone groups is 1. The predicted octanol–water partition coefficient (Wildman–Crippen LogP) is 5.02. The van der Waals surface area contributed by atoms with Crippen molar-refractivity contribution in [3.8, 4) is 0 Å². The van der Waals surface area contributed by atoms with Crippen LogP contribution in [-0.2, 0) is 22.7 Å². The Balaban J connectivity index is 1.61. The van der Waals surface area contributed by atoms with E-state index in [0.717, 1.165) is 36.0 Å². The summed E-state index contributed by atoms with van der Waals surface area (Å²) in [5.74, 6) is 0.634. The van der Waals surface area contributed by atoms with E-state index in [1.165, 1.54) is 10.1 Å². The van der Waals surface area contributed by atoms with E-state index in [-0.39, 0.29) is 15.6 Å². The summed E-state index contributed by atoms with van der Waals surface area (Å²) < 4.78 is 28.6. The summed E-state index contributed by atoms with van der Waals surface area (Å²) in [4.78, 5) is 7.11. The van der Waals surface area contributed by atoms with Gasteiger partial charge in [0.05, 0.1) is 10.4 Å². The molecular weight excluding hydrogens is 470 g/mol. The number of anilines is 2. The third-order valence-electron chi connectivity index (χ3n) is 6.30. The molecule has 0 saturated carbocycles. The van der Waals surface area contributed by atoms with Crippen LogP contribution in [0.2, 0.25) is 5.02 Å². The van der Waals surface area contributed by atoms with Crippen molar-refractivity contribution >= 4 is 49.5 Å². The van der Waals surface area contributed by atoms with Gasteiger partial charge >= 0.3 is 0 Å². The Morgan fingerprint density at radius 2 is 1.82 bits per heavy atom. The first-order valence-electron chi connectivity index (χ1n) is 11.0. The average Bonchev–Trinajstić information content (AvgIpc) is 3.48. The molecule has 0 radical (unpaired) electrons. The molecule has 5 aromatic rings. The van der Waals surface area contributed by atoms with Crippen LogP contribution < -0.4 is 4.90 Å². The van der Waals surface area contributed by atoms with Gasteiger partial charge in [0.2, 0.25) is 14.9 Å². The molecule has 0 aliphatic carbocycles. The molecule has 0 N–H and O–H groups in total. The van der Waals surface area contributed by atoms with Crippen molar-refractivity contribution in [1.29, 1.82) is 0 Å². The van der Waals surface area contributed by atoms with E-state index < -0.39 is 9.84 Å². The topological polar surface area (TPSA) is 80.5 Å². The van der Waals surface area contributed by atoms with Gasteiger partial charge in [-0.15, -0.1) is 5.10 Å². The Labute approximate surface area is 201 Å². The molecule has 0 unspecified atom stereocenters. The number of halogens is 1. The van der Waals surface area contributed by atoms with E-state index in [1.807, 2.05) is 49.4 Å². The van der Waals surface area contributed by atoms with Crippen LogP contribution in [0.5, 0.6) is 0 Å². The van der Waals surface area contributed by atoms with Crippen LogP contribution in [0.25, 0.3) is 16.6 Å². The summed E-state index contributed by atoms with van der Waals surface area (Å²) in [7, 11) is -3.93. The van der Waals surface area contributed by atoms with Crippen molar-refractivity contribution in [3.63, 3.8) is 0 Å². The molecule has 170 valence electrons. The van der Waals surface area contributed by atoms with Crippen molar-refractivity contribution in [3.05, 3.63) is 82.9 Å². The summed E-state index contributed by atoms with van der Waals surface area (Å²) in [6.07, 6.45) is 1.70. The molecule has 0 spiro atoms. The first-order chi connectivity index (χ1) is 16.5. The van der Waals surface area contributed by atoms with Crippen LogP contribution >= 0.6 is 11.6 Å². The molecule has 0 amide bonds. The van der Waals surface area contributed by atoms with Gasteiger partial charge in [0.25, 0.3) is 0 Å². The lowest BCUT2D eigenvalue weighted by atomic mass is 10.2. The Kier molecular flexibility index (Phi) is 4.82. The zero-order valence-corrected chi connectivity index (χ0v) is 19.9. The monoisotopic (exact) mass is 489 g/mol. The molecule has 3 heterocycles. The quantitative estimate of drug-likeness (QED) is 0.352. The summed E-state index contributed by atoms with van der Waals surface area (Å²) >= 11 is 6.34. The Morgan fingerprint density at radius 3 is 2.62 bits per heavy atom. The zero-order chi connectivity index (χ0) is 23.4. The highest BCUT2D eigenvalue weighted by Crippen LogP contribution is 2.38. The number of hydrogen-bond donors (Lipinski definition) is 0. The van der Waals surface area contributed by atoms with Gasteiger partial charge < -0.3 is 4.90 Å². The molecule has 1 aliphatic heterocycles. The number of aryl methyl sites for hydroxylation is 1. The molecule has 34 heavy (non-hydrogen) atoms. The van der Waals surface area contributed by atoms with Gasteiger partial charge in [-0.25, -0.2) is 13.4 Å². The Bertz CT molecular complexity index is 1680. The molecule has 0 atom stereocenters. The van der Waals surface area contributed by atoms with E-state index in [9.17, 15) is 8.42 Å². The molecule has 0 bridgehead atoms. The van der Waals surface area contributed by atoms with Crippen LogP contribution in [0, 0.1) is 0 Å². The number of aromatic nitrogens is 4. The summed E-state index contributed by atoms with van der Waals surface area (Å²) in [5, 5.41) is 9.43. The largest absolute Gasteiger partial charge is 0.325 e. The maximum atomic E-state index is 13.5. The van der Waals surface area contributed by atoms with Crippen molar-refractivity contribution < 1.29 is 8.42 Å². The van der Waals surface area contributed by atoms with Gasteiger partial charge in [0.1, 0.15) is 5.82 Å². The highest BCUT2D eigenvalue weighted by Gasteiger charge is 2.29. The van der Waals surface area contributed by atoms with E-state index in [0.29, 0.717) is 16.4 Å². The van der Waals surface area contributed by atoms with Crippen molar-refractivity contribution in [2.45, 2.75) is 29.7 Å². The van der Waals surface area contributed by atoms with Crippen LogP contribution in [0.4, 0.5) is 11.5 Å². The third-order valence-corrected chi connectivity index (χ3v) is 8.20.